The van der Waals surface area contributed by atoms with E-state index in [-0.39, 0.29) is 29.6 Å². The highest BCUT2D eigenvalue weighted by molar-refractivity contribution is 5.84. The van der Waals surface area contributed by atoms with Gasteiger partial charge in [0, 0.05) is 11.8 Å². The molecular weight excluding hydrogens is 345 g/mol. The van der Waals surface area contributed by atoms with E-state index in [4.69, 9.17) is 4.42 Å². The second-order valence-corrected chi connectivity index (χ2v) is 7.12. The number of nitrogens with zero attached hydrogens (tertiary/aromatic N) is 1. The van der Waals surface area contributed by atoms with Crippen molar-refractivity contribution in [2.24, 2.45) is 5.92 Å². The molecule has 0 saturated heterocycles. The lowest BCUT2D eigenvalue weighted by molar-refractivity contribution is -0.123. The fourth-order valence-electron chi connectivity index (χ4n) is 3.59. The second kappa shape index (κ2) is 5.94. The quantitative estimate of drug-likeness (QED) is 0.563. The monoisotopic (exact) mass is 363 g/mol. The zero-order valence-electron chi connectivity index (χ0n) is 14.7. The largest absolute Gasteiger partial charge is 0.459 e. The first kappa shape index (κ1) is 16.1. The molecule has 1 aliphatic rings. The molecule has 0 spiro atoms. The Morgan fingerprint density at radius 1 is 1.30 bits per heavy atom. The average molecular weight is 363 g/mol. The van der Waals surface area contributed by atoms with E-state index in [1.54, 1.807) is 18.2 Å². The highest BCUT2D eigenvalue weighted by Crippen LogP contribution is 2.47. The summed E-state index contributed by atoms with van der Waals surface area (Å²) in [7, 11) is 0. The molecule has 5 nitrogen and oxygen atoms in total. The average Bonchev–Trinajstić information content (AvgIpc) is 3.14. The summed E-state index contributed by atoms with van der Waals surface area (Å²) < 4.78 is 19.5. The summed E-state index contributed by atoms with van der Waals surface area (Å²) in [5.74, 6) is 1.05. The van der Waals surface area contributed by atoms with Gasteiger partial charge in [-0.1, -0.05) is 18.2 Å². The van der Waals surface area contributed by atoms with Gasteiger partial charge in [-0.3, -0.25) is 4.79 Å². The summed E-state index contributed by atoms with van der Waals surface area (Å²) in [6.07, 6.45) is 0.771. The summed E-state index contributed by atoms with van der Waals surface area (Å²) in [5, 5.41) is 3.41. The van der Waals surface area contributed by atoms with E-state index in [2.05, 4.69) is 15.3 Å². The Balaban J connectivity index is 1.29. The predicted molar refractivity (Wildman–Crippen MR) is 99.7 cm³/mol. The minimum Gasteiger partial charge on any atom is -0.459 e. The standard InChI is InChI=1S/C21H18FN3O2/c1-11(19-10-14-15(22)5-4-8-18(14)27-19)23-21(26)13-9-12(13)20-24-16-6-2-3-7-17(16)25-20/h2-8,10-13H,9H2,1H3,(H,23,26)(H,24,25)/t11?,12-,13-/m0/s1. The minimum absolute atomic E-state index is 0.0334. The Labute approximate surface area is 154 Å². The first-order valence-corrected chi connectivity index (χ1v) is 9.03. The number of imidazole rings is 1. The normalized spacial score (nSPS) is 20.1. The molecule has 27 heavy (non-hydrogen) atoms. The van der Waals surface area contributed by atoms with Gasteiger partial charge in [-0.2, -0.15) is 0 Å². The van der Waals surface area contributed by atoms with Crippen LogP contribution in [-0.2, 0) is 4.79 Å². The van der Waals surface area contributed by atoms with Crippen molar-refractivity contribution in [1.29, 1.82) is 0 Å². The number of halogens is 1. The van der Waals surface area contributed by atoms with E-state index in [0.29, 0.717) is 16.7 Å². The summed E-state index contributed by atoms with van der Waals surface area (Å²) >= 11 is 0. The molecule has 2 N–H and O–H groups in total. The van der Waals surface area contributed by atoms with Crippen LogP contribution in [0.1, 0.15) is 36.9 Å². The number of carbonyl (C=O) groups is 1. The number of para-hydroxylation sites is 2. The van der Waals surface area contributed by atoms with Gasteiger partial charge in [0.05, 0.1) is 22.5 Å². The molecule has 2 aromatic carbocycles. The van der Waals surface area contributed by atoms with Crippen molar-refractivity contribution in [2.45, 2.75) is 25.3 Å². The molecule has 0 radical (unpaired) electrons. The van der Waals surface area contributed by atoms with Gasteiger partial charge in [-0.05, 0) is 43.7 Å². The zero-order chi connectivity index (χ0) is 18.5. The van der Waals surface area contributed by atoms with E-state index >= 15 is 0 Å². The van der Waals surface area contributed by atoms with E-state index in [1.165, 1.54) is 6.07 Å². The number of fused-ring (bicyclic) bond motifs is 2. The van der Waals surface area contributed by atoms with Crippen LogP contribution in [0.5, 0.6) is 0 Å². The summed E-state index contributed by atoms with van der Waals surface area (Å²) in [5.41, 5.74) is 2.38. The van der Waals surface area contributed by atoms with Crippen LogP contribution in [0.25, 0.3) is 22.0 Å². The first-order valence-electron chi connectivity index (χ1n) is 9.03. The van der Waals surface area contributed by atoms with Gasteiger partial charge in [0.1, 0.15) is 23.0 Å². The van der Waals surface area contributed by atoms with Gasteiger partial charge in [-0.25, -0.2) is 9.37 Å². The van der Waals surface area contributed by atoms with Gasteiger partial charge >= 0.3 is 0 Å². The van der Waals surface area contributed by atoms with Crippen LogP contribution >= 0.6 is 0 Å². The molecule has 1 aliphatic carbocycles. The third-order valence-electron chi connectivity index (χ3n) is 5.20. The van der Waals surface area contributed by atoms with Crippen LogP contribution < -0.4 is 5.32 Å². The third kappa shape index (κ3) is 2.77. The number of furan rings is 1. The molecular formula is C21H18FN3O2. The molecule has 3 atom stereocenters. The molecule has 0 bridgehead atoms. The maximum absolute atomic E-state index is 13.8. The summed E-state index contributed by atoms with van der Waals surface area (Å²) in [4.78, 5) is 20.5. The molecule has 4 aromatic rings. The molecule has 136 valence electrons. The van der Waals surface area contributed by atoms with Crippen LogP contribution in [0.3, 0.4) is 0 Å². The van der Waals surface area contributed by atoms with Crippen LogP contribution in [0.2, 0.25) is 0 Å². The molecule has 5 rings (SSSR count). The summed E-state index contributed by atoms with van der Waals surface area (Å²) in [6.45, 7) is 1.84. The van der Waals surface area contributed by atoms with E-state index in [9.17, 15) is 9.18 Å². The number of aromatic nitrogens is 2. The maximum Gasteiger partial charge on any atom is 0.224 e. The molecule has 1 saturated carbocycles. The van der Waals surface area contributed by atoms with Crippen molar-refractivity contribution in [3.8, 4) is 0 Å². The highest BCUT2D eigenvalue weighted by Gasteiger charge is 2.46. The maximum atomic E-state index is 13.8. The number of hydrogen-bond donors (Lipinski definition) is 2. The van der Waals surface area contributed by atoms with Gasteiger partial charge in [0.25, 0.3) is 0 Å². The van der Waals surface area contributed by atoms with E-state index in [0.717, 1.165) is 23.3 Å². The number of carbonyl (C=O) groups excluding carboxylic acids is 1. The second-order valence-electron chi connectivity index (χ2n) is 7.12. The number of amides is 1. The van der Waals surface area contributed by atoms with Crippen molar-refractivity contribution < 1.29 is 13.6 Å². The van der Waals surface area contributed by atoms with Crippen molar-refractivity contribution in [3.05, 3.63) is 65.9 Å². The number of nitrogens with one attached hydrogen (secondary N) is 2. The lowest BCUT2D eigenvalue weighted by Gasteiger charge is -2.11. The van der Waals surface area contributed by atoms with Gasteiger partial charge < -0.3 is 14.7 Å². The highest BCUT2D eigenvalue weighted by atomic mass is 19.1. The van der Waals surface area contributed by atoms with Gasteiger partial charge in [-0.15, -0.1) is 0 Å². The SMILES string of the molecule is CC(NC(=O)[C@H]1C[C@@H]1c1nc2ccccc2[nH]1)c1cc2c(F)cccc2o1. The minimum atomic E-state index is -0.332. The number of aromatic amines is 1. The van der Waals surface area contributed by atoms with E-state index in [1.807, 2.05) is 31.2 Å². The Morgan fingerprint density at radius 2 is 2.15 bits per heavy atom. The molecule has 0 aliphatic heterocycles. The number of rotatable bonds is 4. The molecule has 2 aromatic heterocycles. The Hall–Kier alpha value is -3.15. The van der Waals surface area contributed by atoms with Crippen LogP contribution in [0.4, 0.5) is 4.39 Å². The molecule has 2 heterocycles. The topological polar surface area (TPSA) is 70.9 Å². The third-order valence-corrected chi connectivity index (χ3v) is 5.20. The lowest BCUT2D eigenvalue weighted by Crippen LogP contribution is -2.28. The fourth-order valence-corrected chi connectivity index (χ4v) is 3.59. The van der Waals surface area contributed by atoms with Crippen molar-refractivity contribution >= 4 is 27.9 Å². The summed E-state index contributed by atoms with van der Waals surface area (Å²) in [6, 6.07) is 13.9. The Kier molecular flexibility index (Phi) is 3.53. The van der Waals surface area contributed by atoms with E-state index < -0.39 is 0 Å². The Morgan fingerprint density at radius 3 is 2.96 bits per heavy atom. The predicted octanol–water partition coefficient (Wildman–Crippen LogP) is 4.43. The smallest absolute Gasteiger partial charge is 0.224 e. The van der Waals surface area contributed by atoms with Crippen LogP contribution in [-0.4, -0.2) is 15.9 Å². The molecule has 1 fully saturated rings. The zero-order valence-corrected chi connectivity index (χ0v) is 14.7. The van der Waals surface area contributed by atoms with Gasteiger partial charge in [0.2, 0.25) is 5.91 Å². The van der Waals surface area contributed by atoms with Gasteiger partial charge in [0.15, 0.2) is 0 Å². The number of hydrogen-bond acceptors (Lipinski definition) is 3. The molecule has 1 amide bonds. The molecule has 6 heteroatoms. The van der Waals surface area contributed by atoms with Crippen LogP contribution in [0, 0.1) is 11.7 Å². The first-order chi connectivity index (χ1) is 13.1. The molecule has 1 unspecified atom stereocenters. The van der Waals surface area contributed by atoms with Crippen molar-refractivity contribution in [3.63, 3.8) is 0 Å². The van der Waals surface area contributed by atoms with Crippen molar-refractivity contribution in [1.82, 2.24) is 15.3 Å². The Bertz CT molecular complexity index is 1130. The van der Waals surface area contributed by atoms with Crippen LogP contribution in [0.15, 0.2) is 52.9 Å². The number of H-pyrrole nitrogens is 1. The fraction of sp³-hybridized carbons (Fsp3) is 0.238. The van der Waals surface area contributed by atoms with Crippen molar-refractivity contribution in [2.75, 3.05) is 0 Å². The lowest BCUT2D eigenvalue weighted by atomic mass is 10.2. The number of benzene rings is 2.